The molecule has 0 aromatic carbocycles. The van der Waals surface area contributed by atoms with E-state index in [1.165, 1.54) is 32.1 Å². The summed E-state index contributed by atoms with van der Waals surface area (Å²) < 4.78 is 28.6. The van der Waals surface area contributed by atoms with Crippen molar-refractivity contribution in [1.29, 1.82) is 0 Å². The van der Waals surface area contributed by atoms with E-state index in [0.717, 1.165) is 13.0 Å². The minimum Gasteiger partial charge on any atom is -0.394 e. The van der Waals surface area contributed by atoms with Crippen molar-refractivity contribution in [3.63, 3.8) is 0 Å². The Hall–Kier alpha value is -0.240. The zero-order valence-corrected chi connectivity index (χ0v) is 19.9. The Labute approximate surface area is 179 Å². The van der Waals surface area contributed by atoms with Crippen molar-refractivity contribution in [2.75, 3.05) is 39.6 Å². The molecule has 5 atom stereocenters. The summed E-state index contributed by atoms with van der Waals surface area (Å²) in [6.07, 6.45) is 7.58. The van der Waals surface area contributed by atoms with Crippen LogP contribution in [0.1, 0.15) is 80.1 Å². The molecule has 0 aliphatic carbocycles. The standard InChI is InChI=1S/C23H48O6/c1-7-8-9-10-11-12-13-25-20(3)15-27-22(5)17-29-23(6)18-28-21(4)16-26-19(2)14-24/h19-24H,7-18H2,1-6H3. The first-order valence-corrected chi connectivity index (χ1v) is 11.6. The number of ether oxygens (including phenoxy) is 5. The maximum absolute atomic E-state index is 8.95. The lowest BCUT2D eigenvalue weighted by molar-refractivity contribution is -0.0975. The molecule has 1 N–H and O–H groups in total. The first kappa shape index (κ1) is 28.8. The molecular weight excluding hydrogens is 372 g/mol. The van der Waals surface area contributed by atoms with Gasteiger partial charge in [-0.3, -0.25) is 0 Å². The van der Waals surface area contributed by atoms with Crippen molar-refractivity contribution in [2.45, 2.75) is 111 Å². The average Bonchev–Trinajstić information content (AvgIpc) is 2.72. The zero-order chi connectivity index (χ0) is 21.9. The van der Waals surface area contributed by atoms with Crippen LogP contribution < -0.4 is 0 Å². The Morgan fingerprint density at radius 3 is 1.34 bits per heavy atom. The molecule has 0 fully saturated rings. The molecule has 6 heteroatoms. The normalized spacial score (nSPS) is 17.1. The van der Waals surface area contributed by atoms with Gasteiger partial charge >= 0.3 is 0 Å². The van der Waals surface area contributed by atoms with Gasteiger partial charge in [0.25, 0.3) is 0 Å². The van der Waals surface area contributed by atoms with Crippen LogP contribution in [0.5, 0.6) is 0 Å². The predicted octanol–water partition coefficient (Wildman–Crippen LogP) is 4.36. The third-order valence-corrected chi connectivity index (χ3v) is 4.62. The molecule has 0 aliphatic heterocycles. The highest BCUT2D eigenvalue weighted by Crippen LogP contribution is 2.07. The highest BCUT2D eigenvalue weighted by molar-refractivity contribution is 4.57. The van der Waals surface area contributed by atoms with Crippen LogP contribution in [-0.2, 0) is 23.7 Å². The fourth-order valence-corrected chi connectivity index (χ4v) is 2.61. The van der Waals surface area contributed by atoms with Crippen LogP contribution in [0.4, 0.5) is 0 Å². The van der Waals surface area contributed by atoms with Gasteiger partial charge in [0, 0.05) is 6.61 Å². The van der Waals surface area contributed by atoms with Crippen LogP contribution in [0.3, 0.4) is 0 Å². The number of hydrogen-bond donors (Lipinski definition) is 1. The van der Waals surface area contributed by atoms with E-state index >= 15 is 0 Å². The van der Waals surface area contributed by atoms with E-state index in [0.29, 0.717) is 26.4 Å². The fourth-order valence-electron chi connectivity index (χ4n) is 2.61. The van der Waals surface area contributed by atoms with Gasteiger partial charge in [-0.1, -0.05) is 39.0 Å². The van der Waals surface area contributed by atoms with Gasteiger partial charge < -0.3 is 28.8 Å². The van der Waals surface area contributed by atoms with Crippen LogP contribution in [0.15, 0.2) is 0 Å². The van der Waals surface area contributed by atoms with Crippen molar-refractivity contribution in [3.05, 3.63) is 0 Å². The van der Waals surface area contributed by atoms with Crippen LogP contribution in [0, 0.1) is 0 Å². The third-order valence-electron chi connectivity index (χ3n) is 4.62. The molecule has 176 valence electrons. The van der Waals surface area contributed by atoms with Gasteiger partial charge in [-0.05, 0) is 41.0 Å². The van der Waals surface area contributed by atoms with Crippen molar-refractivity contribution in [1.82, 2.24) is 0 Å². The first-order valence-electron chi connectivity index (χ1n) is 11.6. The van der Waals surface area contributed by atoms with Gasteiger partial charge in [0.2, 0.25) is 0 Å². The van der Waals surface area contributed by atoms with E-state index in [-0.39, 0.29) is 37.1 Å². The Kier molecular flexibility index (Phi) is 19.5. The second-order valence-corrected chi connectivity index (χ2v) is 8.21. The second kappa shape index (κ2) is 19.7. The summed E-state index contributed by atoms with van der Waals surface area (Å²) in [5, 5.41) is 8.95. The second-order valence-electron chi connectivity index (χ2n) is 8.21. The summed E-state index contributed by atoms with van der Waals surface area (Å²) in [7, 11) is 0. The van der Waals surface area contributed by atoms with Crippen molar-refractivity contribution in [3.8, 4) is 0 Å². The molecule has 29 heavy (non-hydrogen) atoms. The average molecular weight is 421 g/mol. The van der Waals surface area contributed by atoms with Crippen LogP contribution in [0.25, 0.3) is 0 Å². The van der Waals surface area contributed by atoms with Gasteiger partial charge in [0.1, 0.15) is 0 Å². The molecule has 0 saturated carbocycles. The lowest BCUT2D eigenvalue weighted by atomic mass is 10.1. The van der Waals surface area contributed by atoms with E-state index in [2.05, 4.69) is 13.8 Å². The van der Waals surface area contributed by atoms with Crippen molar-refractivity contribution >= 4 is 0 Å². The Bertz CT molecular complexity index is 341. The monoisotopic (exact) mass is 420 g/mol. The number of aliphatic hydroxyl groups excluding tert-OH is 1. The van der Waals surface area contributed by atoms with Gasteiger partial charge in [-0.25, -0.2) is 0 Å². The maximum atomic E-state index is 8.95. The van der Waals surface area contributed by atoms with E-state index in [9.17, 15) is 0 Å². The highest BCUT2D eigenvalue weighted by Gasteiger charge is 2.12. The summed E-state index contributed by atoms with van der Waals surface area (Å²) in [6.45, 7) is 15.0. The van der Waals surface area contributed by atoms with E-state index in [1.54, 1.807) is 0 Å². The molecule has 0 radical (unpaired) electrons. The molecule has 0 aromatic rings. The zero-order valence-electron chi connectivity index (χ0n) is 19.9. The number of rotatable bonds is 21. The third kappa shape index (κ3) is 19.5. The summed E-state index contributed by atoms with van der Waals surface area (Å²) in [4.78, 5) is 0. The number of hydrogen-bond acceptors (Lipinski definition) is 6. The smallest absolute Gasteiger partial charge is 0.0781 e. The number of aliphatic hydroxyl groups is 1. The largest absolute Gasteiger partial charge is 0.394 e. The topological polar surface area (TPSA) is 66.4 Å². The molecule has 6 nitrogen and oxygen atoms in total. The minimum absolute atomic E-state index is 0.0138. The first-order chi connectivity index (χ1) is 13.9. The summed E-state index contributed by atoms with van der Waals surface area (Å²) in [5.74, 6) is 0. The highest BCUT2D eigenvalue weighted by atomic mass is 16.6. The van der Waals surface area contributed by atoms with Gasteiger partial charge in [0.15, 0.2) is 0 Å². The molecule has 0 rings (SSSR count). The van der Waals surface area contributed by atoms with Gasteiger partial charge in [-0.15, -0.1) is 0 Å². The lowest BCUT2D eigenvalue weighted by Gasteiger charge is -2.21. The van der Waals surface area contributed by atoms with Gasteiger partial charge in [-0.2, -0.15) is 0 Å². The minimum atomic E-state index is -0.162. The van der Waals surface area contributed by atoms with Crippen LogP contribution >= 0.6 is 0 Å². The van der Waals surface area contributed by atoms with E-state index < -0.39 is 0 Å². The molecule has 5 unspecified atom stereocenters. The molecule has 0 aromatic heterocycles. The van der Waals surface area contributed by atoms with Crippen LogP contribution in [0.2, 0.25) is 0 Å². The molecular formula is C23H48O6. The number of unbranched alkanes of at least 4 members (excludes halogenated alkanes) is 5. The lowest BCUT2D eigenvalue weighted by Crippen LogP contribution is -2.29. The molecule has 0 heterocycles. The summed E-state index contributed by atoms with van der Waals surface area (Å²) >= 11 is 0. The quantitative estimate of drug-likeness (QED) is 0.278. The molecule has 0 amide bonds. The molecule has 0 bridgehead atoms. The van der Waals surface area contributed by atoms with Crippen molar-refractivity contribution in [2.24, 2.45) is 0 Å². The maximum Gasteiger partial charge on any atom is 0.0781 e. The van der Waals surface area contributed by atoms with Crippen LogP contribution in [-0.4, -0.2) is 75.3 Å². The Morgan fingerprint density at radius 1 is 0.517 bits per heavy atom. The molecule has 0 saturated heterocycles. The fraction of sp³-hybridized carbons (Fsp3) is 1.00. The molecule has 0 aliphatic rings. The molecule has 0 spiro atoms. The van der Waals surface area contributed by atoms with E-state index in [4.69, 9.17) is 28.8 Å². The summed E-state index contributed by atoms with van der Waals surface area (Å²) in [5.41, 5.74) is 0. The summed E-state index contributed by atoms with van der Waals surface area (Å²) in [6, 6.07) is 0. The Balaban J connectivity index is 3.62. The SMILES string of the molecule is CCCCCCCCOC(C)COC(C)COC(C)COC(C)COC(C)CO. The van der Waals surface area contributed by atoms with Crippen molar-refractivity contribution < 1.29 is 28.8 Å². The van der Waals surface area contributed by atoms with E-state index in [1.807, 2.05) is 27.7 Å². The van der Waals surface area contributed by atoms with Gasteiger partial charge in [0.05, 0.1) is 63.6 Å². The Morgan fingerprint density at radius 2 is 0.897 bits per heavy atom. The predicted molar refractivity (Wildman–Crippen MR) is 118 cm³/mol.